The van der Waals surface area contributed by atoms with Gasteiger partial charge in [0.1, 0.15) is 17.6 Å². The predicted molar refractivity (Wildman–Crippen MR) is 103 cm³/mol. The second kappa shape index (κ2) is 7.51. The zero-order valence-corrected chi connectivity index (χ0v) is 15.2. The minimum Gasteiger partial charge on any atom is -0.497 e. The van der Waals surface area contributed by atoms with E-state index in [-0.39, 0.29) is 6.04 Å². The van der Waals surface area contributed by atoms with Gasteiger partial charge in [0.05, 0.1) is 13.2 Å². The molecule has 2 atom stereocenters. The Morgan fingerprint density at radius 2 is 2.26 bits per heavy atom. The van der Waals surface area contributed by atoms with Crippen LogP contribution in [0.1, 0.15) is 12.0 Å². The van der Waals surface area contributed by atoms with Crippen molar-refractivity contribution in [1.29, 1.82) is 0 Å². The smallest absolute Gasteiger partial charge is 0.158 e. The summed E-state index contributed by atoms with van der Waals surface area (Å²) in [5.41, 5.74) is 8.83. The van der Waals surface area contributed by atoms with Crippen molar-refractivity contribution in [1.82, 2.24) is 19.5 Å². The van der Waals surface area contributed by atoms with Crippen LogP contribution >= 0.6 is 0 Å². The number of nitrogens with zero attached hydrogens (tertiary/aromatic N) is 4. The number of anilines is 2. The Kier molecular flexibility index (Phi) is 4.93. The summed E-state index contributed by atoms with van der Waals surface area (Å²) < 4.78 is 7.11. The number of fused-ring (bicyclic) bond motifs is 1. The molecular weight excluding hydrogens is 344 g/mol. The normalized spacial score (nSPS) is 20.7. The Hall–Kier alpha value is -2.68. The number of benzene rings is 1. The quantitative estimate of drug-likeness (QED) is 0.625. The van der Waals surface area contributed by atoms with Gasteiger partial charge in [-0.3, -0.25) is 4.90 Å². The average Bonchev–Trinajstić information content (AvgIpc) is 3.09. The number of aliphatic hydroxyl groups excluding tert-OH is 1. The number of methoxy groups -OCH3 is 1. The third kappa shape index (κ3) is 3.73. The summed E-state index contributed by atoms with van der Waals surface area (Å²) in [5, 5.41) is 17.7. The van der Waals surface area contributed by atoms with Crippen molar-refractivity contribution in [2.75, 3.05) is 25.5 Å². The molecule has 0 unspecified atom stereocenters. The van der Waals surface area contributed by atoms with Crippen molar-refractivity contribution in [3.8, 4) is 5.75 Å². The predicted octanol–water partition coefficient (Wildman–Crippen LogP) is 1.38. The monoisotopic (exact) mass is 368 g/mol. The molecule has 0 radical (unpaired) electrons. The maximum absolute atomic E-state index is 10.1. The molecule has 8 heteroatoms. The first-order chi connectivity index (χ1) is 13.1. The standard InChI is InChI=1S/C19H24N6O2/c1-27-15-4-2-3-14(9-15)23-19-18-13(5-8-25(18)22-12-21-19)10-24-7-6-16(20)17(26)11-24/h2-5,8-9,12,16-17,26H,6-7,10-11,20H2,1H3,(H,21,22,23)/t16-,17+/m1/s1. The number of rotatable bonds is 5. The molecule has 1 aromatic carbocycles. The van der Waals surface area contributed by atoms with Gasteiger partial charge < -0.3 is 20.9 Å². The van der Waals surface area contributed by atoms with Crippen molar-refractivity contribution in [3.63, 3.8) is 0 Å². The number of nitrogens with two attached hydrogens (primary N) is 1. The summed E-state index contributed by atoms with van der Waals surface area (Å²) in [4.78, 5) is 6.65. The molecule has 4 N–H and O–H groups in total. The highest BCUT2D eigenvalue weighted by molar-refractivity contribution is 5.76. The fourth-order valence-electron chi connectivity index (χ4n) is 3.47. The van der Waals surface area contributed by atoms with E-state index in [1.54, 1.807) is 7.11 Å². The molecule has 27 heavy (non-hydrogen) atoms. The van der Waals surface area contributed by atoms with Crippen molar-refractivity contribution < 1.29 is 9.84 Å². The lowest BCUT2D eigenvalue weighted by molar-refractivity contribution is 0.0501. The minimum absolute atomic E-state index is 0.138. The molecule has 4 rings (SSSR count). The molecule has 3 heterocycles. The van der Waals surface area contributed by atoms with Crippen LogP contribution in [0.3, 0.4) is 0 Å². The molecule has 1 aliphatic rings. The zero-order chi connectivity index (χ0) is 18.8. The summed E-state index contributed by atoms with van der Waals surface area (Å²) >= 11 is 0. The Balaban J connectivity index is 1.61. The largest absolute Gasteiger partial charge is 0.497 e. The van der Waals surface area contributed by atoms with E-state index in [9.17, 15) is 5.11 Å². The summed E-state index contributed by atoms with van der Waals surface area (Å²) in [6.45, 7) is 2.15. The van der Waals surface area contributed by atoms with Crippen molar-refractivity contribution in [2.24, 2.45) is 5.73 Å². The molecule has 8 nitrogen and oxygen atoms in total. The van der Waals surface area contributed by atoms with Gasteiger partial charge in [-0.05, 0) is 30.2 Å². The lowest BCUT2D eigenvalue weighted by Crippen LogP contribution is -2.50. The third-order valence-electron chi connectivity index (χ3n) is 4.98. The second-order valence-corrected chi connectivity index (χ2v) is 6.85. The molecule has 142 valence electrons. The van der Waals surface area contributed by atoms with Crippen LogP contribution in [0.5, 0.6) is 5.75 Å². The molecule has 2 aromatic heterocycles. The van der Waals surface area contributed by atoms with Gasteiger partial charge in [-0.2, -0.15) is 5.10 Å². The Morgan fingerprint density at radius 3 is 3.07 bits per heavy atom. The molecular formula is C19H24N6O2. The maximum Gasteiger partial charge on any atom is 0.158 e. The molecule has 3 aromatic rings. The van der Waals surface area contributed by atoms with E-state index >= 15 is 0 Å². The summed E-state index contributed by atoms with van der Waals surface area (Å²) in [5.74, 6) is 1.51. The number of aromatic nitrogens is 3. The van der Waals surface area contributed by atoms with Crippen molar-refractivity contribution in [3.05, 3.63) is 48.4 Å². The minimum atomic E-state index is -0.488. The number of ether oxygens (including phenoxy) is 1. The van der Waals surface area contributed by atoms with Gasteiger partial charge in [0.2, 0.25) is 0 Å². The second-order valence-electron chi connectivity index (χ2n) is 6.85. The van der Waals surface area contributed by atoms with Gasteiger partial charge in [-0.1, -0.05) is 6.07 Å². The number of nitrogens with one attached hydrogen (secondary N) is 1. The summed E-state index contributed by atoms with van der Waals surface area (Å²) in [6, 6.07) is 9.62. The first-order valence-electron chi connectivity index (χ1n) is 9.02. The highest BCUT2D eigenvalue weighted by Crippen LogP contribution is 2.26. The fraction of sp³-hybridized carbons (Fsp3) is 0.368. The van der Waals surface area contributed by atoms with Crippen LogP contribution in [-0.2, 0) is 6.54 Å². The molecule has 1 aliphatic heterocycles. The van der Waals surface area contributed by atoms with Crippen molar-refractivity contribution in [2.45, 2.75) is 25.1 Å². The van der Waals surface area contributed by atoms with Gasteiger partial charge in [0, 0.05) is 43.6 Å². The van der Waals surface area contributed by atoms with Gasteiger partial charge in [0.15, 0.2) is 5.82 Å². The van der Waals surface area contributed by atoms with Crippen molar-refractivity contribution >= 4 is 17.0 Å². The molecule has 1 saturated heterocycles. The lowest BCUT2D eigenvalue weighted by atomic mass is 10.0. The molecule has 0 aliphatic carbocycles. The van der Waals surface area contributed by atoms with Crippen LogP contribution in [0.25, 0.3) is 5.52 Å². The van der Waals surface area contributed by atoms with Gasteiger partial charge >= 0.3 is 0 Å². The number of aliphatic hydroxyl groups is 1. The van der Waals surface area contributed by atoms with Crippen LogP contribution in [0.4, 0.5) is 11.5 Å². The molecule has 1 fully saturated rings. The van der Waals surface area contributed by atoms with E-state index in [2.05, 4.69) is 20.3 Å². The first kappa shape index (κ1) is 17.7. The van der Waals surface area contributed by atoms with Crippen LogP contribution in [-0.4, -0.2) is 56.9 Å². The van der Waals surface area contributed by atoms with Crippen LogP contribution < -0.4 is 15.8 Å². The lowest BCUT2D eigenvalue weighted by Gasteiger charge is -2.33. The van der Waals surface area contributed by atoms with Crippen LogP contribution in [0, 0.1) is 0 Å². The highest BCUT2D eigenvalue weighted by atomic mass is 16.5. The highest BCUT2D eigenvalue weighted by Gasteiger charge is 2.25. The molecule has 0 spiro atoms. The fourth-order valence-corrected chi connectivity index (χ4v) is 3.47. The Morgan fingerprint density at radius 1 is 1.37 bits per heavy atom. The average molecular weight is 368 g/mol. The summed E-state index contributed by atoms with van der Waals surface area (Å²) in [7, 11) is 1.64. The van der Waals surface area contributed by atoms with E-state index in [1.807, 2.05) is 41.0 Å². The van der Waals surface area contributed by atoms with E-state index in [0.717, 1.165) is 41.3 Å². The molecule has 0 amide bonds. The van der Waals surface area contributed by atoms with Gasteiger partial charge in [0.25, 0.3) is 0 Å². The SMILES string of the molecule is COc1cccc(Nc2ncnn3ccc(CN4CC[C@@H](N)[C@@H](O)C4)c23)c1. The Labute approximate surface area is 157 Å². The number of hydrogen-bond donors (Lipinski definition) is 3. The van der Waals surface area contributed by atoms with Gasteiger partial charge in [-0.25, -0.2) is 9.50 Å². The molecule has 0 saturated carbocycles. The number of hydrogen-bond acceptors (Lipinski definition) is 7. The van der Waals surface area contributed by atoms with Crippen LogP contribution in [0.15, 0.2) is 42.9 Å². The van der Waals surface area contributed by atoms with E-state index in [0.29, 0.717) is 13.1 Å². The Bertz CT molecular complexity index is 927. The van der Waals surface area contributed by atoms with Gasteiger partial charge in [-0.15, -0.1) is 0 Å². The number of β-amino-alcohol motifs (C(OH)–C–C–N with tert-alkyl or cyclic N) is 1. The number of likely N-dealkylation sites (tertiary alicyclic amines) is 1. The van der Waals surface area contributed by atoms with Crippen LogP contribution in [0.2, 0.25) is 0 Å². The topological polar surface area (TPSA) is 101 Å². The third-order valence-corrected chi connectivity index (χ3v) is 4.98. The van der Waals surface area contributed by atoms with E-state index in [1.165, 1.54) is 6.33 Å². The number of piperidine rings is 1. The summed E-state index contributed by atoms with van der Waals surface area (Å²) in [6.07, 6.45) is 3.76. The van der Waals surface area contributed by atoms with E-state index < -0.39 is 6.10 Å². The maximum atomic E-state index is 10.1. The zero-order valence-electron chi connectivity index (χ0n) is 15.2. The van der Waals surface area contributed by atoms with E-state index in [4.69, 9.17) is 10.5 Å². The first-order valence-corrected chi connectivity index (χ1v) is 9.02. The molecule has 0 bridgehead atoms.